The Morgan fingerprint density at radius 2 is 2.08 bits per heavy atom. The maximum atomic E-state index is 6.05. The minimum atomic E-state index is 0.0635. The first-order valence-electron chi connectivity index (χ1n) is 8.83. The van der Waals surface area contributed by atoms with Crippen LogP contribution in [0.3, 0.4) is 0 Å². The highest BCUT2D eigenvalue weighted by Gasteiger charge is 2.25. The third kappa shape index (κ3) is 2.25. The minimum Gasteiger partial charge on any atom is -0.494 e. The maximum absolute atomic E-state index is 6.05. The van der Waals surface area contributed by atoms with Crippen LogP contribution in [0.1, 0.15) is 19.7 Å². The summed E-state index contributed by atoms with van der Waals surface area (Å²) >= 11 is 0. The van der Waals surface area contributed by atoms with Crippen LogP contribution in [0.5, 0.6) is 11.5 Å². The summed E-state index contributed by atoms with van der Waals surface area (Å²) in [5, 5.41) is 0. The van der Waals surface area contributed by atoms with Crippen molar-refractivity contribution in [3.8, 4) is 22.9 Å². The average Bonchev–Trinajstić information content (AvgIpc) is 3.14. The molecule has 0 N–H and O–H groups in total. The van der Waals surface area contributed by atoms with Crippen LogP contribution >= 0.6 is 0 Å². The monoisotopic (exact) mass is 349 g/mol. The van der Waals surface area contributed by atoms with E-state index in [1.54, 1.807) is 0 Å². The van der Waals surface area contributed by atoms with Gasteiger partial charge in [0.15, 0.2) is 11.5 Å². The fourth-order valence-electron chi connectivity index (χ4n) is 3.64. The van der Waals surface area contributed by atoms with E-state index < -0.39 is 0 Å². The second-order valence-corrected chi connectivity index (χ2v) is 6.61. The Kier molecular flexibility index (Phi) is 3.22. The molecule has 4 aromatic rings. The van der Waals surface area contributed by atoms with Crippen LogP contribution in [0.15, 0.2) is 34.7 Å². The van der Waals surface area contributed by atoms with Gasteiger partial charge in [-0.1, -0.05) is 0 Å². The Balaban J connectivity index is 1.74. The summed E-state index contributed by atoms with van der Waals surface area (Å²) < 4.78 is 19.5. The molecule has 0 fully saturated rings. The Morgan fingerprint density at radius 3 is 2.92 bits per heavy atom. The van der Waals surface area contributed by atoms with Gasteiger partial charge in [-0.15, -0.1) is 0 Å². The van der Waals surface area contributed by atoms with E-state index in [0.29, 0.717) is 12.5 Å². The lowest BCUT2D eigenvalue weighted by atomic mass is 10.2. The lowest BCUT2D eigenvalue weighted by Crippen LogP contribution is -2.24. The van der Waals surface area contributed by atoms with Gasteiger partial charge in [-0.2, -0.15) is 0 Å². The van der Waals surface area contributed by atoms with Crippen LogP contribution < -0.4 is 9.47 Å². The number of hydrogen-bond acceptors (Lipinski definition) is 5. The number of aryl methyl sites for hydroxylation is 1. The zero-order chi connectivity index (χ0) is 17.8. The zero-order valence-corrected chi connectivity index (χ0v) is 14.9. The van der Waals surface area contributed by atoms with Crippen LogP contribution in [-0.2, 0) is 6.54 Å². The van der Waals surface area contributed by atoms with E-state index in [1.165, 1.54) is 0 Å². The molecule has 5 rings (SSSR count). The molecule has 6 heteroatoms. The molecule has 1 atom stereocenters. The molecular formula is C20H19N3O3. The van der Waals surface area contributed by atoms with Gasteiger partial charge in [0.2, 0.25) is 0 Å². The van der Waals surface area contributed by atoms with Crippen molar-refractivity contribution in [2.45, 2.75) is 33.4 Å². The molecule has 0 aliphatic carbocycles. The smallest absolute Gasteiger partial charge is 0.192 e. The van der Waals surface area contributed by atoms with Gasteiger partial charge in [-0.25, -0.2) is 9.97 Å². The van der Waals surface area contributed by atoms with E-state index in [9.17, 15) is 0 Å². The molecule has 26 heavy (non-hydrogen) atoms. The van der Waals surface area contributed by atoms with E-state index in [1.807, 2.05) is 44.2 Å². The van der Waals surface area contributed by atoms with Crippen LogP contribution in [0.25, 0.3) is 33.5 Å². The van der Waals surface area contributed by atoms with Crippen molar-refractivity contribution in [2.75, 3.05) is 6.61 Å². The van der Waals surface area contributed by atoms with Crippen LogP contribution in [-0.4, -0.2) is 27.2 Å². The highest BCUT2D eigenvalue weighted by atomic mass is 16.5. The summed E-state index contributed by atoms with van der Waals surface area (Å²) in [7, 11) is 0. The van der Waals surface area contributed by atoms with Crippen molar-refractivity contribution in [2.24, 2.45) is 0 Å². The van der Waals surface area contributed by atoms with E-state index in [0.717, 1.165) is 51.6 Å². The largest absolute Gasteiger partial charge is 0.494 e. The predicted molar refractivity (Wildman–Crippen MR) is 98.7 cm³/mol. The third-order valence-corrected chi connectivity index (χ3v) is 4.61. The van der Waals surface area contributed by atoms with Crippen molar-refractivity contribution in [3.05, 3.63) is 36.2 Å². The molecular weight excluding hydrogens is 330 g/mol. The van der Waals surface area contributed by atoms with Crippen molar-refractivity contribution in [1.82, 2.24) is 14.5 Å². The summed E-state index contributed by atoms with van der Waals surface area (Å²) in [5.74, 6) is 3.18. The Hall–Kier alpha value is -3.02. The number of oxazole rings is 1. The SMILES string of the molecule is CCOc1cc2c3c(c1)nc(-c1ccc4oc(C)nc4c1)n3C[C@@H](C)O2. The number of imidazole rings is 1. The normalized spacial score (nSPS) is 16.2. The van der Waals surface area contributed by atoms with E-state index in [-0.39, 0.29) is 6.10 Å². The van der Waals surface area contributed by atoms with Gasteiger partial charge < -0.3 is 18.5 Å². The molecule has 2 aromatic carbocycles. The zero-order valence-electron chi connectivity index (χ0n) is 14.9. The number of hydrogen-bond donors (Lipinski definition) is 0. The summed E-state index contributed by atoms with van der Waals surface area (Å²) in [6.45, 7) is 7.25. The number of rotatable bonds is 3. The molecule has 0 amide bonds. The number of fused-ring (bicyclic) bond motifs is 1. The van der Waals surface area contributed by atoms with Crippen molar-refractivity contribution < 1.29 is 13.9 Å². The van der Waals surface area contributed by atoms with Gasteiger partial charge in [-0.05, 0) is 32.0 Å². The Morgan fingerprint density at radius 1 is 1.19 bits per heavy atom. The van der Waals surface area contributed by atoms with Crippen molar-refractivity contribution in [1.29, 1.82) is 0 Å². The van der Waals surface area contributed by atoms with E-state index >= 15 is 0 Å². The first-order valence-corrected chi connectivity index (χ1v) is 8.83. The van der Waals surface area contributed by atoms with E-state index in [4.69, 9.17) is 18.9 Å². The summed E-state index contributed by atoms with van der Waals surface area (Å²) in [4.78, 5) is 9.34. The standard InChI is InChI=1S/C20H19N3O3/c1-4-24-14-8-16-19-18(9-14)25-11(2)10-23(19)20(22-16)13-5-6-17-15(7-13)21-12(3)26-17/h5-9,11H,4,10H2,1-3H3/t11-/m1/s1. The van der Waals surface area contributed by atoms with Crippen LogP contribution in [0.2, 0.25) is 0 Å². The highest BCUT2D eigenvalue weighted by Crippen LogP contribution is 2.38. The lowest BCUT2D eigenvalue weighted by molar-refractivity contribution is 0.189. The van der Waals surface area contributed by atoms with Crippen molar-refractivity contribution in [3.63, 3.8) is 0 Å². The molecule has 0 bridgehead atoms. The molecule has 6 nitrogen and oxygen atoms in total. The number of ether oxygens (including phenoxy) is 2. The van der Waals surface area contributed by atoms with E-state index in [2.05, 4.69) is 16.5 Å². The molecule has 3 heterocycles. The first kappa shape index (κ1) is 15.3. The topological polar surface area (TPSA) is 62.3 Å². The Bertz CT molecular complexity index is 1140. The summed E-state index contributed by atoms with van der Waals surface area (Å²) in [6, 6.07) is 9.93. The van der Waals surface area contributed by atoms with Gasteiger partial charge >= 0.3 is 0 Å². The fraction of sp³-hybridized carbons (Fsp3) is 0.300. The predicted octanol–water partition coefficient (Wildman–Crippen LogP) is 4.33. The highest BCUT2D eigenvalue weighted by molar-refractivity contribution is 5.89. The molecule has 0 saturated carbocycles. The second-order valence-electron chi connectivity index (χ2n) is 6.61. The molecule has 0 radical (unpaired) electrons. The van der Waals surface area contributed by atoms with Gasteiger partial charge in [0, 0.05) is 24.6 Å². The fourth-order valence-corrected chi connectivity index (χ4v) is 3.64. The quantitative estimate of drug-likeness (QED) is 0.551. The second kappa shape index (κ2) is 5.49. The molecule has 0 unspecified atom stereocenters. The number of nitrogens with zero attached hydrogens (tertiary/aromatic N) is 3. The summed E-state index contributed by atoms with van der Waals surface area (Å²) in [6.07, 6.45) is 0.0635. The van der Waals surface area contributed by atoms with Crippen molar-refractivity contribution >= 4 is 22.1 Å². The minimum absolute atomic E-state index is 0.0635. The maximum Gasteiger partial charge on any atom is 0.192 e. The van der Waals surface area contributed by atoms with Gasteiger partial charge in [-0.3, -0.25) is 0 Å². The lowest BCUT2D eigenvalue weighted by Gasteiger charge is -2.24. The molecule has 1 aliphatic heterocycles. The number of benzene rings is 2. The molecule has 1 aliphatic rings. The van der Waals surface area contributed by atoms with Crippen LogP contribution in [0.4, 0.5) is 0 Å². The third-order valence-electron chi connectivity index (χ3n) is 4.61. The summed E-state index contributed by atoms with van der Waals surface area (Å²) in [5.41, 5.74) is 4.54. The van der Waals surface area contributed by atoms with Gasteiger partial charge in [0.1, 0.15) is 34.5 Å². The van der Waals surface area contributed by atoms with Crippen LogP contribution in [0, 0.1) is 6.92 Å². The number of aromatic nitrogens is 3. The first-order chi connectivity index (χ1) is 12.6. The molecule has 132 valence electrons. The molecule has 2 aromatic heterocycles. The Labute approximate surface area is 150 Å². The average molecular weight is 349 g/mol. The molecule has 0 saturated heterocycles. The van der Waals surface area contributed by atoms with Gasteiger partial charge in [0.25, 0.3) is 0 Å². The molecule has 0 spiro atoms. The van der Waals surface area contributed by atoms with Gasteiger partial charge in [0.05, 0.1) is 18.7 Å².